The molecule has 26 heavy (non-hydrogen) atoms. The van der Waals surface area contributed by atoms with Crippen LogP contribution >= 0.6 is 0 Å². The molecule has 0 saturated carbocycles. The molecule has 0 bridgehead atoms. The van der Waals surface area contributed by atoms with Gasteiger partial charge in [-0.15, -0.1) is 0 Å². The van der Waals surface area contributed by atoms with Crippen molar-refractivity contribution < 1.29 is 0 Å². The molecule has 2 N–H and O–H groups in total. The fourth-order valence-corrected chi connectivity index (χ4v) is 2.83. The highest BCUT2D eigenvalue weighted by Crippen LogP contribution is 2.25. The third-order valence-electron chi connectivity index (χ3n) is 3.97. The second kappa shape index (κ2) is 7.66. The first kappa shape index (κ1) is 17.4. The lowest BCUT2D eigenvalue weighted by Crippen LogP contribution is -2.22. The predicted molar refractivity (Wildman–Crippen MR) is 109 cm³/mol. The highest BCUT2D eigenvalue weighted by molar-refractivity contribution is 5.93. The predicted octanol–water partition coefficient (Wildman–Crippen LogP) is 4.66. The molecule has 0 aliphatic heterocycles. The van der Waals surface area contributed by atoms with Gasteiger partial charge >= 0.3 is 0 Å². The molecule has 3 aromatic carbocycles. The van der Waals surface area contributed by atoms with Crippen molar-refractivity contribution in [1.29, 1.82) is 0 Å². The zero-order valence-corrected chi connectivity index (χ0v) is 14.9. The summed E-state index contributed by atoms with van der Waals surface area (Å²) in [6.45, 7) is 4.00. The van der Waals surface area contributed by atoms with E-state index < -0.39 is 0 Å². The summed E-state index contributed by atoms with van der Waals surface area (Å²) in [5, 5.41) is 6.11. The molecule has 4 rings (SSSR count). The van der Waals surface area contributed by atoms with Crippen LogP contribution in [0.15, 0.2) is 83.7 Å². The van der Waals surface area contributed by atoms with Crippen molar-refractivity contribution in [2.45, 2.75) is 13.8 Å². The number of rotatable bonds is 2. The van der Waals surface area contributed by atoms with Crippen LogP contribution in [0.5, 0.6) is 0 Å². The molecular weight excluding hydrogens is 322 g/mol. The molecule has 0 atom stereocenters. The Bertz CT molecular complexity index is 1090. The minimum Gasteiger partial charge on any atom is -0.399 e. The number of anilines is 1. The van der Waals surface area contributed by atoms with Crippen molar-refractivity contribution in [2.24, 2.45) is 0 Å². The van der Waals surface area contributed by atoms with Crippen LogP contribution in [0.3, 0.4) is 0 Å². The maximum atomic E-state index is 12.9. The monoisotopic (exact) mass is 343 g/mol. The first-order valence-electron chi connectivity index (χ1n) is 8.67. The maximum absolute atomic E-state index is 12.9. The van der Waals surface area contributed by atoms with Gasteiger partial charge < -0.3 is 5.73 Å². The fourth-order valence-electron chi connectivity index (χ4n) is 2.83. The van der Waals surface area contributed by atoms with Crippen molar-refractivity contribution in [2.75, 3.05) is 5.73 Å². The van der Waals surface area contributed by atoms with Gasteiger partial charge in [0, 0.05) is 16.6 Å². The van der Waals surface area contributed by atoms with Crippen LogP contribution in [0.4, 0.5) is 5.69 Å². The molecule has 4 aromatic rings. The number of aromatic nitrogens is 2. The zero-order chi connectivity index (χ0) is 18.5. The molecule has 0 spiro atoms. The normalized spacial score (nSPS) is 10.2. The van der Waals surface area contributed by atoms with Crippen LogP contribution in [-0.2, 0) is 0 Å². The van der Waals surface area contributed by atoms with Crippen LogP contribution < -0.4 is 11.3 Å². The van der Waals surface area contributed by atoms with E-state index in [0.717, 1.165) is 16.6 Å². The summed E-state index contributed by atoms with van der Waals surface area (Å²) in [4.78, 5) is 12.9. The van der Waals surface area contributed by atoms with Gasteiger partial charge in [-0.2, -0.15) is 9.78 Å². The number of fused-ring (bicyclic) bond motifs is 1. The summed E-state index contributed by atoms with van der Waals surface area (Å²) in [6, 6.07) is 24.6. The quantitative estimate of drug-likeness (QED) is 0.538. The van der Waals surface area contributed by atoms with Gasteiger partial charge in [0.2, 0.25) is 0 Å². The van der Waals surface area contributed by atoms with E-state index in [1.54, 1.807) is 12.1 Å². The van der Waals surface area contributed by atoms with Crippen molar-refractivity contribution in [1.82, 2.24) is 9.78 Å². The average molecular weight is 343 g/mol. The molecule has 0 aliphatic rings. The highest BCUT2D eigenvalue weighted by Gasteiger charge is 2.13. The lowest BCUT2D eigenvalue weighted by Gasteiger charge is -2.11. The van der Waals surface area contributed by atoms with Crippen LogP contribution in [0.2, 0.25) is 0 Å². The summed E-state index contributed by atoms with van der Waals surface area (Å²) < 4.78 is 1.42. The first-order valence-corrected chi connectivity index (χ1v) is 8.67. The molecule has 0 aliphatic carbocycles. The van der Waals surface area contributed by atoms with E-state index in [2.05, 4.69) is 5.10 Å². The van der Waals surface area contributed by atoms with E-state index in [4.69, 9.17) is 5.73 Å². The Balaban J connectivity index is 0.000000948. The van der Waals surface area contributed by atoms with E-state index in [0.29, 0.717) is 16.8 Å². The topological polar surface area (TPSA) is 60.9 Å². The standard InChI is InChI=1S/C20H15N3O.C2H6/c21-15-9-6-10-16(13-15)23-20(24)18-12-5-4-11-17(18)19(22-23)14-7-2-1-3-8-14;1-2/h1-13H,21H2;1-2H3. The average Bonchev–Trinajstić information content (AvgIpc) is 2.71. The third-order valence-corrected chi connectivity index (χ3v) is 3.97. The Morgan fingerprint density at radius 2 is 1.46 bits per heavy atom. The van der Waals surface area contributed by atoms with E-state index >= 15 is 0 Å². The van der Waals surface area contributed by atoms with Crippen molar-refractivity contribution in [3.05, 3.63) is 89.2 Å². The largest absolute Gasteiger partial charge is 0.399 e. The lowest BCUT2D eigenvalue weighted by molar-refractivity contribution is 0.826. The van der Waals surface area contributed by atoms with Gasteiger partial charge in [-0.25, -0.2) is 0 Å². The zero-order valence-electron chi connectivity index (χ0n) is 14.9. The molecule has 1 heterocycles. The number of hydrogen-bond acceptors (Lipinski definition) is 3. The number of nitrogen functional groups attached to an aromatic ring is 1. The summed E-state index contributed by atoms with van der Waals surface area (Å²) in [5.74, 6) is 0. The highest BCUT2D eigenvalue weighted by atomic mass is 16.1. The minimum absolute atomic E-state index is 0.157. The van der Waals surface area contributed by atoms with Crippen LogP contribution in [0.1, 0.15) is 13.8 Å². The van der Waals surface area contributed by atoms with Crippen LogP contribution in [0.25, 0.3) is 27.7 Å². The lowest BCUT2D eigenvalue weighted by atomic mass is 10.1. The Labute approximate surface area is 152 Å². The van der Waals surface area contributed by atoms with Crippen molar-refractivity contribution >= 4 is 16.5 Å². The van der Waals surface area contributed by atoms with E-state index in [1.807, 2.05) is 80.6 Å². The van der Waals surface area contributed by atoms with Crippen LogP contribution in [0, 0.1) is 0 Å². The Hall–Kier alpha value is -3.40. The van der Waals surface area contributed by atoms with Gasteiger partial charge in [0.25, 0.3) is 5.56 Å². The molecular formula is C22H21N3O. The van der Waals surface area contributed by atoms with Crippen molar-refractivity contribution in [3.8, 4) is 16.9 Å². The molecule has 4 nitrogen and oxygen atoms in total. The Morgan fingerprint density at radius 1 is 0.808 bits per heavy atom. The van der Waals surface area contributed by atoms with E-state index in [1.165, 1.54) is 4.68 Å². The Kier molecular flexibility index (Phi) is 5.13. The number of nitrogens with zero attached hydrogens (tertiary/aromatic N) is 2. The summed E-state index contributed by atoms with van der Waals surface area (Å²) in [5.41, 5.74) is 8.69. The van der Waals surface area contributed by atoms with E-state index in [-0.39, 0.29) is 5.56 Å². The second-order valence-electron chi connectivity index (χ2n) is 5.57. The minimum atomic E-state index is -0.157. The second-order valence-corrected chi connectivity index (χ2v) is 5.57. The Morgan fingerprint density at radius 3 is 2.15 bits per heavy atom. The van der Waals surface area contributed by atoms with Gasteiger partial charge in [0.15, 0.2) is 0 Å². The summed E-state index contributed by atoms with van der Waals surface area (Å²) in [7, 11) is 0. The SMILES string of the molecule is CC.Nc1cccc(-n2nc(-c3ccccc3)c3ccccc3c2=O)c1. The fraction of sp³-hybridized carbons (Fsp3) is 0.0909. The maximum Gasteiger partial charge on any atom is 0.279 e. The first-order chi connectivity index (χ1) is 12.7. The van der Waals surface area contributed by atoms with Crippen LogP contribution in [-0.4, -0.2) is 9.78 Å². The number of benzene rings is 3. The van der Waals surface area contributed by atoms with Gasteiger partial charge in [-0.3, -0.25) is 4.79 Å². The van der Waals surface area contributed by atoms with Gasteiger partial charge in [-0.05, 0) is 24.3 Å². The molecule has 0 fully saturated rings. The number of nitrogens with two attached hydrogens (primary N) is 1. The van der Waals surface area contributed by atoms with Crippen molar-refractivity contribution in [3.63, 3.8) is 0 Å². The molecule has 0 amide bonds. The molecule has 1 aromatic heterocycles. The molecule has 0 unspecified atom stereocenters. The van der Waals surface area contributed by atoms with Gasteiger partial charge in [0.1, 0.15) is 0 Å². The molecule has 130 valence electrons. The third kappa shape index (κ3) is 3.22. The smallest absolute Gasteiger partial charge is 0.279 e. The number of hydrogen-bond donors (Lipinski definition) is 1. The molecule has 4 heteroatoms. The van der Waals surface area contributed by atoms with Gasteiger partial charge in [0.05, 0.1) is 16.8 Å². The molecule has 0 saturated heterocycles. The molecule has 0 radical (unpaired) electrons. The van der Waals surface area contributed by atoms with Gasteiger partial charge in [-0.1, -0.05) is 68.4 Å². The summed E-state index contributed by atoms with van der Waals surface area (Å²) in [6.07, 6.45) is 0. The summed E-state index contributed by atoms with van der Waals surface area (Å²) >= 11 is 0. The van der Waals surface area contributed by atoms with E-state index in [9.17, 15) is 4.79 Å².